The zero-order chi connectivity index (χ0) is 13.0. The summed E-state index contributed by atoms with van der Waals surface area (Å²) in [5, 5.41) is 2.08. The van der Waals surface area contributed by atoms with E-state index in [2.05, 4.69) is 29.3 Å². The van der Waals surface area contributed by atoms with Gasteiger partial charge in [-0.25, -0.2) is 0 Å². The minimum atomic E-state index is 0.279. The number of carbonyl (C=O) groups is 1. The van der Waals surface area contributed by atoms with Crippen LogP contribution in [-0.4, -0.2) is 42.4 Å². The number of thiophene rings is 1. The number of likely N-dealkylation sites (N-methyl/N-ethyl adjacent to an activating group) is 1. The van der Waals surface area contributed by atoms with E-state index >= 15 is 0 Å². The molecule has 1 amide bonds. The molecule has 1 aromatic heterocycles. The van der Waals surface area contributed by atoms with Gasteiger partial charge in [0.15, 0.2) is 0 Å². The Morgan fingerprint density at radius 2 is 2.22 bits per heavy atom. The number of rotatable bonds is 4. The van der Waals surface area contributed by atoms with Gasteiger partial charge in [0, 0.05) is 24.5 Å². The highest BCUT2D eigenvalue weighted by Gasteiger charge is 2.20. The maximum atomic E-state index is 12.1. The number of piperidine rings is 1. The Balaban J connectivity index is 1.76. The van der Waals surface area contributed by atoms with Crippen LogP contribution in [0.15, 0.2) is 17.5 Å². The van der Waals surface area contributed by atoms with Gasteiger partial charge in [-0.1, -0.05) is 13.0 Å². The van der Waals surface area contributed by atoms with Crippen LogP contribution in [-0.2, 0) is 11.3 Å². The van der Waals surface area contributed by atoms with E-state index in [1.165, 1.54) is 4.88 Å². The van der Waals surface area contributed by atoms with E-state index in [0.29, 0.717) is 6.54 Å². The van der Waals surface area contributed by atoms with Crippen molar-refractivity contribution in [3.8, 4) is 0 Å². The van der Waals surface area contributed by atoms with Crippen LogP contribution in [0.5, 0.6) is 0 Å². The number of likely N-dealkylation sites (tertiary alicyclic amines) is 1. The van der Waals surface area contributed by atoms with Crippen molar-refractivity contribution < 1.29 is 4.79 Å². The second-order valence-corrected chi connectivity index (χ2v) is 6.35. The van der Waals surface area contributed by atoms with Crippen LogP contribution in [0.1, 0.15) is 24.6 Å². The van der Waals surface area contributed by atoms with Crippen molar-refractivity contribution in [3.63, 3.8) is 0 Å². The molecule has 100 valence electrons. The van der Waals surface area contributed by atoms with Crippen molar-refractivity contribution in [1.82, 2.24) is 9.80 Å². The molecule has 0 unspecified atom stereocenters. The highest BCUT2D eigenvalue weighted by atomic mass is 32.1. The SMILES string of the molecule is CC1CCN(C(=O)CN(C)Cc2cccs2)CC1. The van der Waals surface area contributed by atoms with E-state index in [0.717, 1.165) is 38.4 Å². The van der Waals surface area contributed by atoms with E-state index in [4.69, 9.17) is 0 Å². The topological polar surface area (TPSA) is 23.6 Å². The molecule has 1 aromatic rings. The van der Waals surface area contributed by atoms with Crippen LogP contribution in [0.25, 0.3) is 0 Å². The maximum absolute atomic E-state index is 12.1. The fraction of sp³-hybridized carbons (Fsp3) is 0.643. The van der Waals surface area contributed by atoms with Crippen LogP contribution in [0, 0.1) is 5.92 Å². The minimum absolute atomic E-state index is 0.279. The van der Waals surface area contributed by atoms with Crippen LogP contribution in [0.4, 0.5) is 0 Å². The largest absolute Gasteiger partial charge is 0.342 e. The van der Waals surface area contributed by atoms with Gasteiger partial charge in [-0.05, 0) is 37.3 Å². The van der Waals surface area contributed by atoms with Crippen LogP contribution in [0.3, 0.4) is 0 Å². The molecular formula is C14H22N2OS. The van der Waals surface area contributed by atoms with Crippen LogP contribution < -0.4 is 0 Å². The number of carbonyl (C=O) groups excluding carboxylic acids is 1. The molecule has 1 saturated heterocycles. The van der Waals surface area contributed by atoms with Gasteiger partial charge in [0.05, 0.1) is 6.54 Å². The lowest BCUT2D eigenvalue weighted by molar-refractivity contribution is -0.133. The second-order valence-electron chi connectivity index (χ2n) is 5.31. The fourth-order valence-corrected chi connectivity index (χ4v) is 3.10. The quantitative estimate of drug-likeness (QED) is 0.835. The van der Waals surface area contributed by atoms with Gasteiger partial charge >= 0.3 is 0 Å². The van der Waals surface area contributed by atoms with Gasteiger partial charge in [-0.3, -0.25) is 9.69 Å². The zero-order valence-electron chi connectivity index (χ0n) is 11.3. The fourth-order valence-electron chi connectivity index (χ4n) is 2.31. The Labute approximate surface area is 113 Å². The molecule has 0 N–H and O–H groups in total. The number of nitrogens with zero attached hydrogens (tertiary/aromatic N) is 2. The summed E-state index contributed by atoms with van der Waals surface area (Å²) in [4.78, 5) is 17.6. The Morgan fingerprint density at radius 3 is 2.83 bits per heavy atom. The van der Waals surface area contributed by atoms with Gasteiger partial charge in [0.25, 0.3) is 0 Å². The Morgan fingerprint density at radius 1 is 1.50 bits per heavy atom. The predicted octanol–water partition coefficient (Wildman–Crippen LogP) is 2.44. The lowest BCUT2D eigenvalue weighted by Gasteiger charge is -2.31. The Bertz CT molecular complexity index is 369. The number of hydrogen-bond donors (Lipinski definition) is 0. The van der Waals surface area contributed by atoms with Crippen molar-refractivity contribution in [3.05, 3.63) is 22.4 Å². The van der Waals surface area contributed by atoms with E-state index < -0.39 is 0 Å². The summed E-state index contributed by atoms with van der Waals surface area (Å²) in [5.41, 5.74) is 0. The van der Waals surface area contributed by atoms with Gasteiger partial charge < -0.3 is 4.90 Å². The molecule has 0 aliphatic carbocycles. The molecule has 1 aliphatic heterocycles. The molecule has 18 heavy (non-hydrogen) atoms. The summed E-state index contributed by atoms with van der Waals surface area (Å²) in [7, 11) is 2.02. The summed E-state index contributed by atoms with van der Waals surface area (Å²) >= 11 is 1.75. The molecule has 0 spiro atoms. The van der Waals surface area contributed by atoms with Crippen LogP contribution >= 0.6 is 11.3 Å². The van der Waals surface area contributed by atoms with E-state index in [1.54, 1.807) is 11.3 Å². The Kier molecular flexibility index (Phi) is 4.78. The minimum Gasteiger partial charge on any atom is -0.342 e. The molecule has 0 aromatic carbocycles. The summed E-state index contributed by atoms with van der Waals surface area (Å²) in [5.74, 6) is 1.05. The average Bonchev–Trinajstić information content (AvgIpc) is 2.82. The molecular weight excluding hydrogens is 244 g/mol. The highest BCUT2D eigenvalue weighted by molar-refractivity contribution is 7.09. The summed E-state index contributed by atoms with van der Waals surface area (Å²) in [6.07, 6.45) is 2.31. The molecule has 4 heteroatoms. The van der Waals surface area contributed by atoms with Crippen molar-refractivity contribution >= 4 is 17.2 Å². The monoisotopic (exact) mass is 266 g/mol. The summed E-state index contributed by atoms with van der Waals surface area (Å²) in [6.45, 7) is 5.55. The highest BCUT2D eigenvalue weighted by Crippen LogP contribution is 2.16. The first kappa shape index (κ1) is 13.6. The van der Waals surface area contributed by atoms with E-state index in [9.17, 15) is 4.79 Å². The predicted molar refractivity (Wildman–Crippen MR) is 75.6 cm³/mol. The van der Waals surface area contributed by atoms with Crippen molar-refractivity contribution in [2.75, 3.05) is 26.7 Å². The molecule has 1 aliphatic rings. The lowest BCUT2D eigenvalue weighted by atomic mass is 9.99. The van der Waals surface area contributed by atoms with Gasteiger partial charge in [-0.2, -0.15) is 0 Å². The van der Waals surface area contributed by atoms with Crippen molar-refractivity contribution in [2.24, 2.45) is 5.92 Å². The van der Waals surface area contributed by atoms with Crippen molar-refractivity contribution in [2.45, 2.75) is 26.3 Å². The zero-order valence-corrected chi connectivity index (χ0v) is 12.1. The normalized spacial score (nSPS) is 17.4. The van der Waals surface area contributed by atoms with Gasteiger partial charge in [-0.15, -0.1) is 11.3 Å². The first-order valence-corrected chi connectivity index (χ1v) is 7.52. The van der Waals surface area contributed by atoms with E-state index in [1.807, 2.05) is 11.9 Å². The molecule has 0 atom stereocenters. The first-order valence-electron chi connectivity index (χ1n) is 6.64. The molecule has 0 saturated carbocycles. The summed E-state index contributed by atoms with van der Waals surface area (Å²) in [6, 6.07) is 4.18. The third kappa shape index (κ3) is 3.82. The number of hydrogen-bond acceptors (Lipinski definition) is 3. The van der Waals surface area contributed by atoms with Gasteiger partial charge in [0.2, 0.25) is 5.91 Å². The van der Waals surface area contributed by atoms with Crippen LogP contribution in [0.2, 0.25) is 0 Å². The Hall–Kier alpha value is -0.870. The average molecular weight is 266 g/mol. The lowest BCUT2D eigenvalue weighted by Crippen LogP contribution is -2.42. The third-order valence-electron chi connectivity index (χ3n) is 3.55. The molecule has 0 bridgehead atoms. The molecule has 2 rings (SSSR count). The molecule has 0 radical (unpaired) electrons. The molecule has 3 nitrogen and oxygen atoms in total. The van der Waals surface area contributed by atoms with Gasteiger partial charge in [0.1, 0.15) is 0 Å². The molecule has 1 fully saturated rings. The first-order chi connectivity index (χ1) is 8.65. The molecule has 2 heterocycles. The summed E-state index contributed by atoms with van der Waals surface area (Å²) < 4.78 is 0. The van der Waals surface area contributed by atoms with Crippen molar-refractivity contribution in [1.29, 1.82) is 0 Å². The maximum Gasteiger partial charge on any atom is 0.236 e. The smallest absolute Gasteiger partial charge is 0.236 e. The standard InChI is InChI=1S/C14H22N2OS/c1-12-5-7-16(8-6-12)14(17)11-15(2)10-13-4-3-9-18-13/h3-4,9,12H,5-8,10-11H2,1-2H3. The van der Waals surface area contributed by atoms with E-state index in [-0.39, 0.29) is 5.91 Å². The number of amides is 1. The second kappa shape index (κ2) is 6.34. The third-order valence-corrected chi connectivity index (χ3v) is 4.41.